The van der Waals surface area contributed by atoms with Crippen LogP contribution in [-0.2, 0) is 34.8 Å². The third kappa shape index (κ3) is 13.7. The number of hydrogen-bond acceptors (Lipinski definition) is 12. The van der Waals surface area contributed by atoms with E-state index in [9.17, 15) is 24.0 Å². The van der Waals surface area contributed by atoms with Crippen LogP contribution in [0.1, 0.15) is 76.2 Å². The van der Waals surface area contributed by atoms with Crippen LogP contribution in [0.2, 0.25) is 5.04 Å². The Morgan fingerprint density at radius 3 is 2.18 bits per heavy atom. The summed E-state index contributed by atoms with van der Waals surface area (Å²) < 4.78 is 38.2. The first-order valence-corrected chi connectivity index (χ1v) is 19.6. The number of nitrogens with zero attached hydrogens (tertiary/aromatic N) is 1. The Balaban J connectivity index is 1.67. The summed E-state index contributed by atoms with van der Waals surface area (Å²) in [6.45, 7) is 17.8. The summed E-state index contributed by atoms with van der Waals surface area (Å²) in [5.41, 5.74) is 0.380. The van der Waals surface area contributed by atoms with Crippen molar-refractivity contribution in [3.8, 4) is 17.2 Å². The molecule has 0 saturated carbocycles. The number of likely N-dealkylation sites (tertiary alicyclic amines) is 1. The number of anilines is 1. The largest absolute Gasteiger partial charge is 0.493 e. The first-order valence-electron chi connectivity index (χ1n) is 18.3. The summed E-state index contributed by atoms with van der Waals surface area (Å²) in [6, 6.07) is 7.80. The highest BCUT2D eigenvalue weighted by molar-refractivity contribution is 6.31. The summed E-state index contributed by atoms with van der Waals surface area (Å²) in [7, 11) is 2.02. The van der Waals surface area contributed by atoms with Crippen LogP contribution in [0.25, 0.3) is 0 Å². The zero-order valence-electron chi connectivity index (χ0n) is 33.4. The molecule has 56 heavy (non-hydrogen) atoms. The lowest BCUT2D eigenvalue weighted by molar-refractivity contribution is -0.146. The lowest BCUT2D eigenvalue weighted by Crippen LogP contribution is -2.51. The van der Waals surface area contributed by atoms with E-state index in [1.807, 2.05) is 13.8 Å². The molecule has 0 radical (unpaired) electrons. The van der Waals surface area contributed by atoms with E-state index in [1.54, 1.807) is 23.1 Å². The molecule has 3 amide bonds. The number of benzene rings is 2. The van der Waals surface area contributed by atoms with E-state index in [2.05, 4.69) is 44.6 Å². The molecule has 1 aliphatic heterocycles. The highest BCUT2D eigenvalue weighted by atomic mass is 28.2. The number of rotatable bonds is 19. The van der Waals surface area contributed by atoms with E-state index >= 15 is 0 Å². The fourth-order valence-corrected chi connectivity index (χ4v) is 6.75. The Morgan fingerprint density at radius 2 is 1.55 bits per heavy atom. The van der Waals surface area contributed by atoms with Crippen molar-refractivity contribution in [1.29, 1.82) is 0 Å². The topological polar surface area (TPSA) is 177 Å². The molecule has 3 rings (SSSR count). The number of esters is 2. The average Bonchev–Trinajstić information content (AvgIpc) is 3.67. The smallest absolute Gasteiger partial charge is 0.413 e. The summed E-state index contributed by atoms with van der Waals surface area (Å²) in [4.78, 5) is 66.2. The van der Waals surface area contributed by atoms with Gasteiger partial charge in [0.1, 0.15) is 31.6 Å². The van der Waals surface area contributed by atoms with Gasteiger partial charge in [-0.2, -0.15) is 0 Å². The minimum atomic E-state index is -1.19. The Labute approximate surface area is 330 Å². The molecule has 0 bridgehead atoms. The molecule has 15 nitrogen and oxygen atoms in total. The van der Waals surface area contributed by atoms with E-state index in [0.29, 0.717) is 23.6 Å². The molecule has 1 aliphatic rings. The van der Waals surface area contributed by atoms with E-state index in [-0.39, 0.29) is 66.6 Å². The molecule has 16 heteroatoms. The quantitative estimate of drug-likeness (QED) is 0.0752. The lowest BCUT2D eigenvalue weighted by Gasteiger charge is -2.40. The van der Waals surface area contributed by atoms with E-state index in [4.69, 9.17) is 32.8 Å². The predicted octanol–water partition coefficient (Wildman–Crippen LogP) is 5.85. The SMILES string of the molecule is C=CCOC(=O)CCC(NC(=O)Oc1ccc(COC(=O)Nc2cc(OC)c(OC)cc2C(=O)N2CCCC2C(C)(C)O[SiH2]C(C)(C)C)cc1)C(=O)OCC=C. The number of amides is 3. The van der Waals surface area contributed by atoms with Gasteiger partial charge in [0.2, 0.25) is 0 Å². The van der Waals surface area contributed by atoms with Gasteiger partial charge in [0.05, 0.1) is 37.1 Å². The van der Waals surface area contributed by atoms with E-state index in [1.165, 1.54) is 44.6 Å². The van der Waals surface area contributed by atoms with Crippen LogP contribution < -0.4 is 24.8 Å². The Hall–Kier alpha value is -5.35. The summed E-state index contributed by atoms with van der Waals surface area (Å²) in [5, 5.41) is 5.18. The number of carbonyl (C=O) groups is 5. The Bertz CT molecular complexity index is 1710. The third-order valence-corrected chi connectivity index (χ3v) is 10.4. The second-order valence-electron chi connectivity index (χ2n) is 14.7. The van der Waals surface area contributed by atoms with Gasteiger partial charge < -0.3 is 43.1 Å². The van der Waals surface area contributed by atoms with Crippen molar-refractivity contribution in [2.45, 2.75) is 89.6 Å². The van der Waals surface area contributed by atoms with E-state index in [0.717, 1.165) is 12.8 Å². The maximum atomic E-state index is 14.2. The van der Waals surface area contributed by atoms with E-state index < -0.39 is 45.5 Å². The van der Waals surface area contributed by atoms with Crippen LogP contribution in [0.3, 0.4) is 0 Å². The number of hydrogen-bond donors (Lipinski definition) is 2. The van der Waals surface area contributed by atoms with Gasteiger partial charge in [-0.3, -0.25) is 14.9 Å². The van der Waals surface area contributed by atoms with Gasteiger partial charge in [-0.1, -0.05) is 58.2 Å². The zero-order valence-corrected chi connectivity index (χ0v) is 34.8. The van der Waals surface area contributed by atoms with Crippen molar-refractivity contribution < 1.29 is 56.8 Å². The fourth-order valence-electron chi connectivity index (χ4n) is 5.75. The predicted molar refractivity (Wildman–Crippen MR) is 212 cm³/mol. The molecule has 0 aliphatic carbocycles. The molecule has 1 saturated heterocycles. The zero-order chi connectivity index (χ0) is 41.5. The molecule has 2 atom stereocenters. The molecular weight excluding hydrogens is 743 g/mol. The van der Waals surface area contributed by atoms with Gasteiger partial charge in [0.25, 0.3) is 5.91 Å². The van der Waals surface area contributed by atoms with Crippen LogP contribution in [0.15, 0.2) is 61.7 Å². The van der Waals surface area contributed by atoms with Crippen LogP contribution >= 0.6 is 0 Å². The van der Waals surface area contributed by atoms with Gasteiger partial charge in [-0.25, -0.2) is 14.4 Å². The van der Waals surface area contributed by atoms with Gasteiger partial charge in [-0.05, 0) is 61.9 Å². The van der Waals surface area contributed by atoms with Gasteiger partial charge in [0.15, 0.2) is 21.3 Å². The van der Waals surface area contributed by atoms with Gasteiger partial charge in [-0.15, -0.1) is 0 Å². The molecular formula is C40H55N3O12Si. The number of ether oxygens (including phenoxy) is 6. The first-order chi connectivity index (χ1) is 26.5. The molecule has 2 aromatic carbocycles. The monoisotopic (exact) mass is 797 g/mol. The highest BCUT2D eigenvalue weighted by Gasteiger charge is 2.42. The van der Waals surface area contributed by atoms with Gasteiger partial charge >= 0.3 is 24.1 Å². The molecule has 0 spiro atoms. The second-order valence-corrected chi connectivity index (χ2v) is 17.4. The van der Waals surface area contributed by atoms with Crippen LogP contribution in [0.5, 0.6) is 17.2 Å². The highest BCUT2D eigenvalue weighted by Crippen LogP contribution is 2.38. The molecule has 2 N–H and O–H groups in total. The Kier molecular flexibility index (Phi) is 17.0. The van der Waals surface area contributed by atoms with Crippen LogP contribution in [0, 0.1) is 0 Å². The van der Waals surface area contributed by atoms with Gasteiger partial charge in [0, 0.05) is 19.0 Å². The summed E-state index contributed by atoms with van der Waals surface area (Å²) in [5.74, 6) is -0.887. The van der Waals surface area contributed by atoms with Crippen molar-refractivity contribution in [1.82, 2.24) is 10.2 Å². The van der Waals surface area contributed by atoms with Crippen molar-refractivity contribution in [2.24, 2.45) is 0 Å². The number of carbonyl (C=O) groups excluding carboxylic acids is 5. The van der Waals surface area contributed by atoms with Crippen molar-refractivity contribution in [3.63, 3.8) is 0 Å². The first kappa shape index (κ1) is 45.0. The maximum Gasteiger partial charge on any atom is 0.413 e. The molecule has 2 aromatic rings. The minimum Gasteiger partial charge on any atom is -0.493 e. The average molecular weight is 798 g/mol. The minimum absolute atomic E-state index is 0.0129. The summed E-state index contributed by atoms with van der Waals surface area (Å²) in [6.07, 6.45) is 2.32. The molecule has 1 fully saturated rings. The standard InChI is InChI=1S/C40H55N3O12Si/c1-10-21-51-34(44)19-18-29(36(46)52-22-11-2)41-38(48)54-27-16-14-26(15-17-27)25-53-37(47)42-30-24-32(50-9)31(49-8)23-28(30)35(45)43-20-12-13-33(43)40(6,7)55-56-39(3,4)5/h10-11,14-17,23-24,29,33H,1-2,12-13,18-22,25,56H2,3-9H3,(H,41,48)(H,42,47). The van der Waals surface area contributed by atoms with Crippen molar-refractivity contribution in [2.75, 3.05) is 39.3 Å². The van der Waals surface area contributed by atoms with Crippen LogP contribution in [-0.4, -0.2) is 96.4 Å². The number of nitrogens with one attached hydrogen (secondary N) is 2. The van der Waals surface area contributed by atoms with Crippen molar-refractivity contribution in [3.05, 3.63) is 72.8 Å². The fraction of sp³-hybridized carbons (Fsp3) is 0.475. The Morgan fingerprint density at radius 1 is 0.911 bits per heavy atom. The third-order valence-electron chi connectivity index (χ3n) is 8.61. The molecule has 2 unspecified atom stereocenters. The maximum absolute atomic E-state index is 14.2. The molecule has 306 valence electrons. The molecule has 1 heterocycles. The van der Waals surface area contributed by atoms with Crippen molar-refractivity contribution >= 4 is 45.5 Å². The normalized spacial score (nSPS) is 14.7. The molecule has 0 aromatic heterocycles. The lowest BCUT2D eigenvalue weighted by atomic mass is 9.96. The number of methoxy groups -OCH3 is 2. The van der Waals surface area contributed by atoms with Crippen LogP contribution in [0.4, 0.5) is 15.3 Å². The second kappa shape index (κ2) is 21.1. The summed E-state index contributed by atoms with van der Waals surface area (Å²) >= 11 is 0.